The number of phenols is 2. The minimum absolute atomic E-state index is 0. The van der Waals surface area contributed by atoms with Gasteiger partial charge in [0.15, 0.2) is 0 Å². The fourth-order valence-corrected chi connectivity index (χ4v) is 2.42. The Morgan fingerprint density at radius 2 is 0.783 bits per heavy atom. The first-order chi connectivity index (χ1) is 10.8. The van der Waals surface area contributed by atoms with Crippen LogP contribution in [0.2, 0.25) is 0 Å². The number of rotatable bonds is 0. The molecule has 0 aromatic heterocycles. The molecule has 2 N–H and O–H groups in total. The maximum absolute atomic E-state index is 9.37. The predicted molar refractivity (Wildman–Crippen MR) is 91.2 cm³/mol. The Morgan fingerprint density at radius 1 is 0.435 bits per heavy atom. The summed E-state index contributed by atoms with van der Waals surface area (Å²) in [5, 5.41) is 22.7. The average molecular weight is 380 g/mol. The van der Waals surface area contributed by atoms with Gasteiger partial charge in [-0.15, -0.1) is 0 Å². The van der Waals surface area contributed by atoms with E-state index in [0.717, 1.165) is 21.5 Å². The molecule has 2 nitrogen and oxygen atoms in total. The zero-order valence-corrected chi connectivity index (χ0v) is 14.9. The molecule has 4 aromatic carbocycles. The van der Waals surface area contributed by atoms with Crippen LogP contribution in [0.3, 0.4) is 0 Å². The van der Waals surface area contributed by atoms with Crippen molar-refractivity contribution >= 4 is 21.5 Å². The monoisotopic (exact) mass is 378 g/mol. The van der Waals surface area contributed by atoms with Crippen molar-refractivity contribution < 1.29 is 36.4 Å². The molecule has 0 fully saturated rings. The molecule has 0 atom stereocenters. The SMILES string of the molecule is Oc1cccc2ccccc12.Oc1cccc2ccccc12.[Zr]. The Labute approximate surface area is 154 Å². The van der Waals surface area contributed by atoms with Crippen LogP contribution >= 0.6 is 0 Å². The fraction of sp³-hybridized carbons (Fsp3) is 0. The molecule has 0 aliphatic rings. The van der Waals surface area contributed by atoms with Crippen molar-refractivity contribution in [3.63, 3.8) is 0 Å². The van der Waals surface area contributed by atoms with E-state index in [4.69, 9.17) is 0 Å². The van der Waals surface area contributed by atoms with E-state index in [1.54, 1.807) is 12.1 Å². The summed E-state index contributed by atoms with van der Waals surface area (Å²) in [6, 6.07) is 26.6. The maximum atomic E-state index is 9.37. The van der Waals surface area contributed by atoms with E-state index in [1.165, 1.54) is 0 Å². The van der Waals surface area contributed by atoms with Gasteiger partial charge in [-0.2, -0.15) is 0 Å². The summed E-state index contributed by atoms with van der Waals surface area (Å²) in [4.78, 5) is 0. The smallest absolute Gasteiger partial charge is 0.123 e. The minimum Gasteiger partial charge on any atom is -0.507 e. The van der Waals surface area contributed by atoms with Gasteiger partial charge < -0.3 is 10.2 Å². The van der Waals surface area contributed by atoms with E-state index in [9.17, 15) is 10.2 Å². The number of hydrogen-bond donors (Lipinski definition) is 2. The molecule has 0 radical (unpaired) electrons. The molecule has 4 aromatic rings. The molecule has 0 unspecified atom stereocenters. The minimum atomic E-state index is 0. The molecule has 0 saturated heterocycles. The summed E-state index contributed by atoms with van der Waals surface area (Å²) in [7, 11) is 0. The zero-order valence-electron chi connectivity index (χ0n) is 12.5. The molecule has 0 spiro atoms. The zero-order chi connectivity index (χ0) is 15.4. The molecular formula is C20H16O2Zr. The second kappa shape index (κ2) is 7.94. The van der Waals surface area contributed by atoms with Gasteiger partial charge in [-0.05, 0) is 22.9 Å². The number of benzene rings is 4. The molecule has 4 rings (SSSR count). The summed E-state index contributed by atoms with van der Waals surface area (Å²) < 4.78 is 0. The van der Waals surface area contributed by atoms with Gasteiger partial charge in [0.2, 0.25) is 0 Å². The van der Waals surface area contributed by atoms with Crippen LogP contribution in [0, 0.1) is 0 Å². The third kappa shape index (κ3) is 4.00. The Hall–Kier alpha value is -2.12. The van der Waals surface area contributed by atoms with E-state index in [-0.39, 0.29) is 26.2 Å². The summed E-state index contributed by atoms with van der Waals surface area (Å²) in [6.07, 6.45) is 0. The van der Waals surface area contributed by atoms with Crippen LogP contribution in [0.1, 0.15) is 0 Å². The molecule has 0 amide bonds. The third-order valence-electron chi connectivity index (χ3n) is 3.53. The molecule has 23 heavy (non-hydrogen) atoms. The predicted octanol–water partition coefficient (Wildman–Crippen LogP) is 5.09. The van der Waals surface area contributed by atoms with Crippen LogP contribution in [0.5, 0.6) is 11.5 Å². The Bertz CT molecular complexity index is 831. The van der Waals surface area contributed by atoms with Gasteiger partial charge >= 0.3 is 0 Å². The first-order valence-electron chi connectivity index (χ1n) is 7.09. The van der Waals surface area contributed by atoms with Crippen LogP contribution in [-0.4, -0.2) is 10.2 Å². The largest absolute Gasteiger partial charge is 0.507 e. The van der Waals surface area contributed by atoms with Gasteiger partial charge in [-0.25, -0.2) is 0 Å². The van der Waals surface area contributed by atoms with Crippen molar-refractivity contribution in [1.29, 1.82) is 0 Å². The Morgan fingerprint density at radius 3 is 1.17 bits per heavy atom. The van der Waals surface area contributed by atoms with E-state index < -0.39 is 0 Å². The molecule has 112 valence electrons. The van der Waals surface area contributed by atoms with E-state index in [0.29, 0.717) is 11.5 Å². The van der Waals surface area contributed by atoms with E-state index in [2.05, 4.69) is 0 Å². The van der Waals surface area contributed by atoms with Crippen LogP contribution < -0.4 is 0 Å². The van der Waals surface area contributed by atoms with Gasteiger partial charge in [0.1, 0.15) is 11.5 Å². The summed E-state index contributed by atoms with van der Waals surface area (Å²) in [6.45, 7) is 0. The maximum Gasteiger partial charge on any atom is 0.123 e. The van der Waals surface area contributed by atoms with Crippen LogP contribution in [0.15, 0.2) is 84.9 Å². The molecule has 0 aliphatic heterocycles. The third-order valence-corrected chi connectivity index (χ3v) is 3.53. The fourth-order valence-electron chi connectivity index (χ4n) is 2.42. The number of aromatic hydroxyl groups is 2. The number of phenolic OH excluding ortho intramolecular Hbond substituents is 2. The number of hydrogen-bond acceptors (Lipinski definition) is 2. The number of fused-ring (bicyclic) bond motifs is 2. The summed E-state index contributed by atoms with van der Waals surface area (Å²) in [5.41, 5.74) is 0. The molecular weight excluding hydrogens is 363 g/mol. The van der Waals surface area contributed by atoms with E-state index >= 15 is 0 Å². The topological polar surface area (TPSA) is 40.5 Å². The standard InChI is InChI=1S/2C10H8O.Zr/c2*11-10-7-3-5-8-4-1-2-6-9(8)10;/h2*1-7,11H;. The van der Waals surface area contributed by atoms with Gasteiger partial charge in [0, 0.05) is 37.0 Å². The summed E-state index contributed by atoms with van der Waals surface area (Å²) in [5.74, 6) is 0.700. The summed E-state index contributed by atoms with van der Waals surface area (Å²) >= 11 is 0. The van der Waals surface area contributed by atoms with Crippen molar-refractivity contribution in [2.75, 3.05) is 0 Å². The molecule has 0 bridgehead atoms. The van der Waals surface area contributed by atoms with Gasteiger partial charge in [-0.3, -0.25) is 0 Å². The van der Waals surface area contributed by atoms with Crippen molar-refractivity contribution in [2.24, 2.45) is 0 Å². The van der Waals surface area contributed by atoms with Gasteiger partial charge in [0.05, 0.1) is 0 Å². The normalized spacial score (nSPS) is 9.74. The van der Waals surface area contributed by atoms with Crippen molar-refractivity contribution in [1.82, 2.24) is 0 Å². The molecule has 0 heterocycles. The second-order valence-electron chi connectivity index (χ2n) is 5.00. The molecule has 0 saturated carbocycles. The quantitative estimate of drug-likeness (QED) is 0.447. The molecule has 3 heteroatoms. The van der Waals surface area contributed by atoms with Gasteiger partial charge in [-0.1, -0.05) is 72.8 Å². The van der Waals surface area contributed by atoms with Crippen molar-refractivity contribution in [2.45, 2.75) is 0 Å². The average Bonchev–Trinajstić information content (AvgIpc) is 2.57. The Kier molecular flexibility index (Phi) is 5.95. The Balaban J connectivity index is 0.000000160. The first kappa shape index (κ1) is 17.2. The second-order valence-corrected chi connectivity index (χ2v) is 5.00. The van der Waals surface area contributed by atoms with Crippen LogP contribution in [-0.2, 0) is 26.2 Å². The molecule has 0 aliphatic carbocycles. The van der Waals surface area contributed by atoms with Crippen molar-refractivity contribution in [3.8, 4) is 11.5 Å². The van der Waals surface area contributed by atoms with Crippen LogP contribution in [0.4, 0.5) is 0 Å². The van der Waals surface area contributed by atoms with Crippen LogP contribution in [0.25, 0.3) is 21.5 Å². The van der Waals surface area contributed by atoms with Crippen molar-refractivity contribution in [3.05, 3.63) is 84.9 Å². The van der Waals surface area contributed by atoms with Gasteiger partial charge in [0.25, 0.3) is 0 Å². The van der Waals surface area contributed by atoms with E-state index in [1.807, 2.05) is 72.8 Å². The first-order valence-corrected chi connectivity index (χ1v) is 7.09.